The van der Waals surface area contributed by atoms with Crippen molar-refractivity contribution in [1.82, 2.24) is 10.2 Å². The first-order valence-electron chi connectivity index (χ1n) is 5.87. The summed E-state index contributed by atoms with van der Waals surface area (Å²) in [6.07, 6.45) is 2.03. The molecule has 4 nitrogen and oxygen atoms in total. The van der Waals surface area contributed by atoms with E-state index in [1.54, 1.807) is 0 Å². The van der Waals surface area contributed by atoms with Gasteiger partial charge in [-0.25, -0.2) is 0 Å². The van der Waals surface area contributed by atoms with Crippen LogP contribution in [0.5, 0.6) is 0 Å². The van der Waals surface area contributed by atoms with Crippen LogP contribution in [0.1, 0.15) is 26.7 Å². The number of rotatable bonds is 6. The smallest absolute Gasteiger partial charge is 0.248 e. The number of likely N-dealkylation sites (N-methyl/N-ethyl adjacent to an activating group) is 1. The molecule has 1 fully saturated rings. The van der Waals surface area contributed by atoms with Crippen LogP contribution in [-0.2, 0) is 9.53 Å². The number of hydrogen-bond acceptors (Lipinski definition) is 3. The zero-order valence-corrected chi connectivity index (χ0v) is 9.79. The lowest BCUT2D eigenvalue weighted by Gasteiger charge is -2.27. The Morgan fingerprint density at radius 3 is 2.87 bits per heavy atom. The number of ether oxygens (including phenoxy) is 1. The van der Waals surface area contributed by atoms with Gasteiger partial charge in [0.1, 0.15) is 6.61 Å². The first kappa shape index (κ1) is 12.5. The van der Waals surface area contributed by atoms with Crippen LogP contribution in [0.25, 0.3) is 0 Å². The molecule has 0 aromatic heterocycles. The highest BCUT2D eigenvalue weighted by Gasteiger charge is 2.24. The van der Waals surface area contributed by atoms with Gasteiger partial charge in [0.15, 0.2) is 0 Å². The minimum Gasteiger partial charge on any atom is -0.372 e. The van der Waals surface area contributed by atoms with Crippen molar-refractivity contribution in [3.8, 4) is 0 Å². The Bertz CT molecular complexity index is 191. The summed E-state index contributed by atoms with van der Waals surface area (Å²) in [7, 11) is 0. The molecule has 15 heavy (non-hydrogen) atoms. The zero-order valence-electron chi connectivity index (χ0n) is 9.79. The fourth-order valence-corrected chi connectivity index (χ4v) is 1.93. The predicted octanol–water partition coefficient (Wildman–Crippen LogP) is 0.623. The SMILES string of the molecule is CCCOCC(=O)N(CC)C1CCNC1. The molecule has 1 aliphatic rings. The third kappa shape index (κ3) is 3.80. The van der Waals surface area contributed by atoms with E-state index in [2.05, 4.69) is 5.32 Å². The topological polar surface area (TPSA) is 41.6 Å². The molecular weight excluding hydrogens is 192 g/mol. The van der Waals surface area contributed by atoms with Crippen molar-refractivity contribution in [2.24, 2.45) is 0 Å². The summed E-state index contributed by atoms with van der Waals surface area (Å²) in [5.74, 6) is 0.125. The normalized spacial score (nSPS) is 20.5. The van der Waals surface area contributed by atoms with Crippen LogP contribution >= 0.6 is 0 Å². The van der Waals surface area contributed by atoms with E-state index in [0.717, 1.165) is 32.5 Å². The minimum atomic E-state index is 0.125. The van der Waals surface area contributed by atoms with Gasteiger partial charge in [0, 0.05) is 25.7 Å². The maximum absolute atomic E-state index is 11.8. The van der Waals surface area contributed by atoms with Crippen molar-refractivity contribution in [3.05, 3.63) is 0 Å². The standard InChI is InChI=1S/C11H22N2O2/c1-3-7-15-9-11(14)13(4-2)10-5-6-12-8-10/h10,12H,3-9H2,1-2H3. The van der Waals surface area contributed by atoms with Gasteiger partial charge in [-0.3, -0.25) is 4.79 Å². The second kappa shape index (κ2) is 6.80. The lowest BCUT2D eigenvalue weighted by Crippen LogP contribution is -2.43. The highest BCUT2D eigenvalue weighted by atomic mass is 16.5. The van der Waals surface area contributed by atoms with Gasteiger partial charge in [0.25, 0.3) is 0 Å². The molecule has 1 aliphatic heterocycles. The van der Waals surface area contributed by atoms with Crippen molar-refractivity contribution in [2.75, 3.05) is 32.8 Å². The van der Waals surface area contributed by atoms with Crippen LogP contribution in [0.2, 0.25) is 0 Å². The molecule has 1 rings (SSSR count). The van der Waals surface area contributed by atoms with E-state index in [0.29, 0.717) is 12.6 Å². The van der Waals surface area contributed by atoms with Crippen LogP contribution in [0.15, 0.2) is 0 Å². The molecular formula is C11H22N2O2. The summed E-state index contributed by atoms with van der Waals surface area (Å²) < 4.78 is 5.28. The fourth-order valence-electron chi connectivity index (χ4n) is 1.93. The number of carbonyl (C=O) groups excluding carboxylic acids is 1. The second-order valence-electron chi connectivity index (χ2n) is 3.88. The molecule has 0 aliphatic carbocycles. The van der Waals surface area contributed by atoms with Crippen LogP contribution in [-0.4, -0.2) is 49.7 Å². The molecule has 0 aromatic rings. The third-order valence-electron chi connectivity index (χ3n) is 2.71. The van der Waals surface area contributed by atoms with Crippen LogP contribution in [0.3, 0.4) is 0 Å². The third-order valence-corrected chi connectivity index (χ3v) is 2.71. The molecule has 88 valence electrons. The van der Waals surface area contributed by atoms with E-state index in [1.807, 2.05) is 18.7 Å². The number of hydrogen-bond donors (Lipinski definition) is 1. The molecule has 1 amide bonds. The van der Waals surface area contributed by atoms with Crippen molar-refractivity contribution >= 4 is 5.91 Å². The highest BCUT2D eigenvalue weighted by molar-refractivity contribution is 5.77. The zero-order chi connectivity index (χ0) is 11.1. The number of amides is 1. The Hall–Kier alpha value is -0.610. The van der Waals surface area contributed by atoms with Crippen molar-refractivity contribution < 1.29 is 9.53 Å². The molecule has 0 saturated carbocycles. The summed E-state index contributed by atoms with van der Waals surface area (Å²) >= 11 is 0. The first-order chi connectivity index (χ1) is 7.29. The summed E-state index contributed by atoms with van der Waals surface area (Å²) in [6, 6.07) is 0.368. The monoisotopic (exact) mass is 214 g/mol. The summed E-state index contributed by atoms with van der Waals surface area (Å²) in [5, 5.41) is 3.27. The molecule has 1 unspecified atom stereocenters. The van der Waals surface area contributed by atoms with E-state index >= 15 is 0 Å². The van der Waals surface area contributed by atoms with Gasteiger partial charge in [-0.1, -0.05) is 6.92 Å². The van der Waals surface area contributed by atoms with Crippen LogP contribution in [0, 0.1) is 0 Å². The average molecular weight is 214 g/mol. The molecule has 0 aromatic carbocycles. The quantitative estimate of drug-likeness (QED) is 0.659. The summed E-state index contributed by atoms with van der Waals surface area (Å²) in [6.45, 7) is 7.70. The molecule has 0 bridgehead atoms. The van der Waals surface area contributed by atoms with E-state index in [1.165, 1.54) is 0 Å². The van der Waals surface area contributed by atoms with Crippen molar-refractivity contribution in [1.29, 1.82) is 0 Å². The molecule has 1 N–H and O–H groups in total. The minimum absolute atomic E-state index is 0.125. The molecule has 1 saturated heterocycles. The Kier molecular flexibility index (Phi) is 5.65. The van der Waals surface area contributed by atoms with Gasteiger partial charge in [0.2, 0.25) is 5.91 Å². The number of nitrogens with one attached hydrogen (secondary N) is 1. The van der Waals surface area contributed by atoms with Gasteiger partial charge in [0.05, 0.1) is 0 Å². The van der Waals surface area contributed by atoms with Gasteiger partial charge < -0.3 is 15.0 Å². The highest BCUT2D eigenvalue weighted by Crippen LogP contribution is 2.08. The summed E-state index contributed by atoms with van der Waals surface area (Å²) in [5.41, 5.74) is 0. The molecule has 0 radical (unpaired) electrons. The van der Waals surface area contributed by atoms with Crippen LogP contribution in [0.4, 0.5) is 0 Å². The fraction of sp³-hybridized carbons (Fsp3) is 0.909. The average Bonchev–Trinajstić information content (AvgIpc) is 2.73. The number of carbonyl (C=O) groups is 1. The Labute approximate surface area is 92.0 Å². The van der Waals surface area contributed by atoms with Gasteiger partial charge in [-0.05, 0) is 26.3 Å². The first-order valence-corrected chi connectivity index (χ1v) is 5.87. The van der Waals surface area contributed by atoms with E-state index in [9.17, 15) is 4.79 Å². The molecule has 4 heteroatoms. The maximum atomic E-state index is 11.8. The van der Waals surface area contributed by atoms with E-state index in [4.69, 9.17) is 4.74 Å². The summed E-state index contributed by atoms with van der Waals surface area (Å²) in [4.78, 5) is 13.7. The Morgan fingerprint density at radius 2 is 2.33 bits per heavy atom. The van der Waals surface area contributed by atoms with Gasteiger partial charge >= 0.3 is 0 Å². The Morgan fingerprint density at radius 1 is 1.53 bits per heavy atom. The maximum Gasteiger partial charge on any atom is 0.248 e. The molecule has 1 heterocycles. The van der Waals surface area contributed by atoms with Crippen molar-refractivity contribution in [3.63, 3.8) is 0 Å². The van der Waals surface area contributed by atoms with Crippen molar-refractivity contribution in [2.45, 2.75) is 32.7 Å². The molecule has 0 spiro atoms. The second-order valence-corrected chi connectivity index (χ2v) is 3.88. The van der Waals surface area contributed by atoms with Crippen LogP contribution < -0.4 is 5.32 Å². The largest absolute Gasteiger partial charge is 0.372 e. The Balaban J connectivity index is 2.32. The lowest BCUT2D eigenvalue weighted by atomic mass is 10.2. The predicted molar refractivity (Wildman–Crippen MR) is 59.8 cm³/mol. The lowest BCUT2D eigenvalue weighted by molar-refractivity contribution is -0.137. The molecule has 1 atom stereocenters. The van der Waals surface area contributed by atoms with Gasteiger partial charge in [-0.15, -0.1) is 0 Å². The van der Waals surface area contributed by atoms with E-state index < -0.39 is 0 Å². The number of nitrogens with zero attached hydrogens (tertiary/aromatic N) is 1. The van der Waals surface area contributed by atoms with Gasteiger partial charge in [-0.2, -0.15) is 0 Å². The van der Waals surface area contributed by atoms with E-state index in [-0.39, 0.29) is 12.5 Å².